The zero-order valence-electron chi connectivity index (χ0n) is 11.2. The number of aliphatic hydroxyl groups is 1. The van der Waals surface area contributed by atoms with Crippen molar-refractivity contribution in [2.45, 2.75) is 60.0 Å². The summed E-state index contributed by atoms with van der Waals surface area (Å²) in [4.78, 5) is 10.7. The Hall–Kier alpha value is -0.570. The van der Waals surface area contributed by atoms with Crippen LogP contribution in [0.1, 0.15) is 53.9 Å². The van der Waals surface area contributed by atoms with E-state index in [0.29, 0.717) is 5.41 Å². The van der Waals surface area contributed by atoms with Crippen molar-refractivity contribution in [1.82, 2.24) is 0 Å². The van der Waals surface area contributed by atoms with Crippen LogP contribution in [-0.4, -0.2) is 22.3 Å². The number of carbonyl (C=O) groups is 1. The highest BCUT2D eigenvalue weighted by atomic mass is 16.4. The molecule has 0 aliphatic heterocycles. The van der Waals surface area contributed by atoms with Gasteiger partial charge >= 0.3 is 5.97 Å². The van der Waals surface area contributed by atoms with E-state index in [9.17, 15) is 9.90 Å². The molecule has 3 nitrogen and oxygen atoms in total. The summed E-state index contributed by atoms with van der Waals surface area (Å²) in [6.07, 6.45) is 2.28. The van der Waals surface area contributed by atoms with Crippen molar-refractivity contribution in [1.29, 1.82) is 0 Å². The first-order valence-corrected chi connectivity index (χ1v) is 6.06. The Morgan fingerprint density at radius 1 is 1.25 bits per heavy atom. The molecular weight excluding hydrogens is 204 g/mol. The minimum atomic E-state index is -0.921. The SMILES string of the molecule is CC(CCCC(C)(C)C)C(O)[C@@H](C)C(=O)O. The van der Waals surface area contributed by atoms with Gasteiger partial charge in [-0.3, -0.25) is 4.79 Å². The highest BCUT2D eigenvalue weighted by Crippen LogP contribution is 2.25. The Bertz CT molecular complexity index is 218. The molecule has 16 heavy (non-hydrogen) atoms. The summed E-state index contributed by atoms with van der Waals surface area (Å²) in [5.41, 5.74) is 0.309. The third-order valence-corrected chi connectivity index (χ3v) is 3.07. The number of aliphatic hydroxyl groups excluding tert-OH is 1. The molecule has 0 aromatic rings. The predicted molar refractivity (Wildman–Crippen MR) is 65.3 cm³/mol. The van der Waals surface area contributed by atoms with Crippen molar-refractivity contribution < 1.29 is 15.0 Å². The highest BCUT2D eigenvalue weighted by molar-refractivity contribution is 5.70. The Labute approximate surface area is 98.9 Å². The van der Waals surface area contributed by atoms with Gasteiger partial charge in [0.2, 0.25) is 0 Å². The van der Waals surface area contributed by atoms with Gasteiger partial charge < -0.3 is 10.2 Å². The number of rotatable bonds is 6. The molecule has 0 rings (SSSR count). The van der Waals surface area contributed by atoms with Crippen LogP contribution in [0.4, 0.5) is 0 Å². The monoisotopic (exact) mass is 230 g/mol. The van der Waals surface area contributed by atoms with Crippen molar-refractivity contribution >= 4 is 5.97 Å². The lowest BCUT2D eigenvalue weighted by molar-refractivity contribution is -0.146. The second-order valence-corrected chi connectivity index (χ2v) is 6.05. The fourth-order valence-corrected chi connectivity index (χ4v) is 1.76. The zero-order valence-corrected chi connectivity index (χ0v) is 11.2. The molecule has 0 spiro atoms. The minimum absolute atomic E-state index is 0.0495. The summed E-state index contributed by atoms with van der Waals surface area (Å²) in [6, 6.07) is 0. The van der Waals surface area contributed by atoms with E-state index in [1.807, 2.05) is 6.92 Å². The van der Waals surface area contributed by atoms with Crippen LogP contribution in [0.25, 0.3) is 0 Å². The standard InChI is InChI=1S/C13H26O3/c1-9(7-6-8-13(3,4)5)11(14)10(2)12(15)16/h9-11,14H,6-8H2,1-5H3,(H,15,16)/t9?,10-,11?/m1/s1. The third-order valence-electron chi connectivity index (χ3n) is 3.07. The van der Waals surface area contributed by atoms with Crippen LogP contribution in [0.3, 0.4) is 0 Å². The number of hydrogen-bond donors (Lipinski definition) is 2. The average molecular weight is 230 g/mol. The minimum Gasteiger partial charge on any atom is -0.481 e. The zero-order chi connectivity index (χ0) is 12.9. The molecular formula is C13H26O3. The molecule has 3 atom stereocenters. The maximum Gasteiger partial charge on any atom is 0.308 e. The van der Waals surface area contributed by atoms with Crippen LogP contribution >= 0.6 is 0 Å². The van der Waals surface area contributed by atoms with Gasteiger partial charge in [0, 0.05) is 0 Å². The molecule has 0 fully saturated rings. The van der Waals surface area contributed by atoms with E-state index in [4.69, 9.17) is 5.11 Å². The first-order valence-electron chi connectivity index (χ1n) is 6.06. The Morgan fingerprint density at radius 2 is 1.75 bits per heavy atom. The van der Waals surface area contributed by atoms with Gasteiger partial charge in [0.1, 0.15) is 0 Å². The van der Waals surface area contributed by atoms with E-state index in [0.717, 1.165) is 19.3 Å². The van der Waals surface area contributed by atoms with Gasteiger partial charge in [-0.15, -0.1) is 0 Å². The first-order chi connectivity index (χ1) is 7.15. The molecule has 0 aromatic heterocycles. The topological polar surface area (TPSA) is 57.5 Å². The fraction of sp³-hybridized carbons (Fsp3) is 0.923. The van der Waals surface area contributed by atoms with Crippen LogP contribution in [-0.2, 0) is 4.79 Å². The predicted octanol–water partition coefficient (Wildman–Crippen LogP) is 2.92. The number of hydrogen-bond acceptors (Lipinski definition) is 2. The summed E-state index contributed by atoms with van der Waals surface area (Å²) in [6.45, 7) is 10.1. The lowest BCUT2D eigenvalue weighted by Gasteiger charge is -2.24. The molecule has 96 valence electrons. The fourth-order valence-electron chi connectivity index (χ4n) is 1.76. The molecule has 2 N–H and O–H groups in total. The summed E-state index contributed by atoms with van der Waals surface area (Å²) < 4.78 is 0. The van der Waals surface area contributed by atoms with Gasteiger partial charge in [0.15, 0.2) is 0 Å². The van der Waals surface area contributed by atoms with Crippen molar-refractivity contribution in [2.75, 3.05) is 0 Å². The summed E-state index contributed by atoms with van der Waals surface area (Å²) in [5, 5.41) is 18.6. The molecule has 0 amide bonds. The number of aliphatic carboxylic acids is 1. The Morgan fingerprint density at radius 3 is 2.12 bits per heavy atom. The second kappa shape index (κ2) is 6.24. The lowest BCUT2D eigenvalue weighted by Crippen LogP contribution is -2.31. The summed E-state index contributed by atoms with van der Waals surface area (Å²) in [5.74, 6) is -1.55. The molecule has 0 saturated carbocycles. The van der Waals surface area contributed by atoms with Crippen molar-refractivity contribution in [3.63, 3.8) is 0 Å². The van der Waals surface area contributed by atoms with Gasteiger partial charge in [-0.1, -0.05) is 34.1 Å². The second-order valence-electron chi connectivity index (χ2n) is 6.05. The van der Waals surface area contributed by atoms with Crippen LogP contribution < -0.4 is 0 Å². The quantitative estimate of drug-likeness (QED) is 0.737. The molecule has 0 aliphatic carbocycles. The molecule has 2 unspecified atom stereocenters. The molecule has 0 radical (unpaired) electrons. The first kappa shape index (κ1) is 15.4. The van der Waals surface area contributed by atoms with E-state index >= 15 is 0 Å². The Kier molecular flexibility index (Phi) is 6.01. The average Bonchev–Trinajstić information content (AvgIpc) is 2.13. The van der Waals surface area contributed by atoms with E-state index in [1.54, 1.807) is 6.92 Å². The van der Waals surface area contributed by atoms with Gasteiger partial charge in [0.25, 0.3) is 0 Å². The largest absolute Gasteiger partial charge is 0.481 e. The molecule has 0 bridgehead atoms. The lowest BCUT2D eigenvalue weighted by atomic mass is 9.85. The van der Waals surface area contributed by atoms with Crippen molar-refractivity contribution in [3.05, 3.63) is 0 Å². The van der Waals surface area contributed by atoms with Gasteiger partial charge in [0.05, 0.1) is 12.0 Å². The van der Waals surface area contributed by atoms with E-state index in [-0.39, 0.29) is 5.92 Å². The third kappa shape index (κ3) is 6.11. The smallest absolute Gasteiger partial charge is 0.308 e. The molecule has 0 saturated heterocycles. The molecule has 0 aromatic carbocycles. The van der Waals surface area contributed by atoms with Crippen LogP contribution in [0.2, 0.25) is 0 Å². The van der Waals surface area contributed by atoms with E-state index < -0.39 is 18.0 Å². The van der Waals surface area contributed by atoms with E-state index in [1.165, 1.54) is 0 Å². The number of carboxylic acid groups (broad SMARTS) is 1. The van der Waals surface area contributed by atoms with Gasteiger partial charge in [-0.25, -0.2) is 0 Å². The van der Waals surface area contributed by atoms with Crippen molar-refractivity contribution in [3.8, 4) is 0 Å². The summed E-state index contributed by atoms with van der Waals surface area (Å²) in [7, 11) is 0. The highest BCUT2D eigenvalue weighted by Gasteiger charge is 2.26. The van der Waals surface area contributed by atoms with Gasteiger partial charge in [-0.05, 0) is 31.1 Å². The molecule has 0 aliphatic rings. The Balaban J connectivity index is 3.97. The van der Waals surface area contributed by atoms with Crippen LogP contribution in [0, 0.1) is 17.3 Å². The molecule has 3 heteroatoms. The normalized spacial score (nSPS) is 17.9. The van der Waals surface area contributed by atoms with Crippen molar-refractivity contribution in [2.24, 2.45) is 17.3 Å². The van der Waals surface area contributed by atoms with Crippen LogP contribution in [0.15, 0.2) is 0 Å². The number of carboxylic acids is 1. The van der Waals surface area contributed by atoms with Gasteiger partial charge in [-0.2, -0.15) is 0 Å². The van der Waals surface area contributed by atoms with E-state index in [2.05, 4.69) is 20.8 Å². The van der Waals surface area contributed by atoms with Crippen LogP contribution in [0.5, 0.6) is 0 Å². The maximum absolute atomic E-state index is 10.7. The molecule has 0 heterocycles. The summed E-state index contributed by atoms with van der Waals surface area (Å²) >= 11 is 0. The maximum atomic E-state index is 10.7.